The van der Waals surface area contributed by atoms with E-state index in [-0.39, 0.29) is 36.1 Å². The molecule has 0 bridgehead atoms. The van der Waals surface area contributed by atoms with Gasteiger partial charge < -0.3 is 24.7 Å². The molecule has 1 aliphatic rings. The summed E-state index contributed by atoms with van der Waals surface area (Å²) in [5.74, 6) is 2.25. The van der Waals surface area contributed by atoms with Crippen LogP contribution in [0.15, 0.2) is 4.99 Å². The van der Waals surface area contributed by atoms with Crippen molar-refractivity contribution in [1.82, 2.24) is 30.3 Å². The lowest BCUT2D eigenvalue weighted by Gasteiger charge is -2.35. The van der Waals surface area contributed by atoms with Crippen molar-refractivity contribution in [3.8, 4) is 0 Å². The summed E-state index contributed by atoms with van der Waals surface area (Å²) in [5, 5.41) is 14.7. The number of aryl methyl sites for hydroxylation is 1. The van der Waals surface area contributed by atoms with Gasteiger partial charge in [-0.2, -0.15) is 0 Å². The zero-order valence-corrected chi connectivity index (χ0v) is 21.8. The molecule has 1 saturated heterocycles. The number of guanidine groups is 1. The summed E-state index contributed by atoms with van der Waals surface area (Å²) in [6, 6.07) is -0.213. The van der Waals surface area contributed by atoms with Crippen LogP contribution in [0, 0.1) is 6.92 Å². The van der Waals surface area contributed by atoms with Crippen LogP contribution in [0.5, 0.6) is 0 Å². The van der Waals surface area contributed by atoms with Crippen molar-refractivity contribution >= 4 is 36.0 Å². The number of hydrogen-bond acceptors (Lipinski definition) is 6. The van der Waals surface area contributed by atoms with E-state index in [9.17, 15) is 4.79 Å². The number of halogens is 1. The molecule has 1 aliphatic heterocycles. The van der Waals surface area contributed by atoms with Crippen LogP contribution in [0.1, 0.15) is 53.2 Å². The number of nitrogens with one attached hydrogen (secondary N) is 2. The van der Waals surface area contributed by atoms with Gasteiger partial charge in [0.05, 0.1) is 18.7 Å². The average Bonchev–Trinajstić information content (AvgIpc) is 3.02. The van der Waals surface area contributed by atoms with E-state index in [2.05, 4.69) is 25.8 Å². The number of ether oxygens (including phenoxy) is 2. The standard InChI is InChI=1S/C19H35N7O3.HI/c1-12-14(26(19(6,7)28-12)17(27)29-18(3,4)5)10-21-16(20-8)22-11-15-24-23-13(2)25(15)9;/h12,14H,10-11H2,1-9H3,(H2,20,21,22);1H. The fraction of sp³-hybridized carbons (Fsp3) is 0.789. The van der Waals surface area contributed by atoms with E-state index >= 15 is 0 Å². The van der Waals surface area contributed by atoms with Crippen molar-refractivity contribution in [3.63, 3.8) is 0 Å². The number of amides is 1. The predicted octanol–water partition coefficient (Wildman–Crippen LogP) is 2.17. The first-order chi connectivity index (χ1) is 13.4. The fourth-order valence-electron chi connectivity index (χ4n) is 3.31. The highest BCUT2D eigenvalue weighted by Crippen LogP contribution is 2.33. The lowest BCUT2D eigenvalue weighted by molar-refractivity contribution is -0.0755. The molecule has 30 heavy (non-hydrogen) atoms. The van der Waals surface area contributed by atoms with Crippen LogP contribution in [0.25, 0.3) is 0 Å². The van der Waals surface area contributed by atoms with E-state index in [4.69, 9.17) is 9.47 Å². The van der Waals surface area contributed by atoms with Crippen LogP contribution in [0.3, 0.4) is 0 Å². The Morgan fingerprint density at radius 1 is 1.30 bits per heavy atom. The lowest BCUT2D eigenvalue weighted by atomic mass is 10.1. The van der Waals surface area contributed by atoms with Gasteiger partial charge in [0, 0.05) is 20.6 Å². The Kier molecular flexibility index (Phi) is 8.91. The summed E-state index contributed by atoms with van der Waals surface area (Å²) < 4.78 is 13.5. The van der Waals surface area contributed by atoms with Gasteiger partial charge in [0.2, 0.25) is 0 Å². The quantitative estimate of drug-likeness (QED) is 0.345. The highest BCUT2D eigenvalue weighted by atomic mass is 127. The summed E-state index contributed by atoms with van der Waals surface area (Å²) in [6.07, 6.45) is -0.555. The second kappa shape index (κ2) is 10.1. The molecule has 2 atom stereocenters. The Morgan fingerprint density at radius 3 is 2.43 bits per heavy atom. The smallest absolute Gasteiger partial charge is 0.412 e. The zero-order chi connectivity index (χ0) is 22.0. The SMILES string of the molecule is CN=C(NCc1nnc(C)n1C)NCC1C(C)OC(C)(C)N1C(=O)OC(C)(C)C.I. The van der Waals surface area contributed by atoms with Gasteiger partial charge in [-0.15, -0.1) is 34.2 Å². The van der Waals surface area contributed by atoms with E-state index in [1.54, 1.807) is 11.9 Å². The second-order valence-corrected chi connectivity index (χ2v) is 8.72. The minimum Gasteiger partial charge on any atom is -0.444 e. The molecule has 1 fully saturated rings. The molecule has 0 aliphatic carbocycles. The van der Waals surface area contributed by atoms with E-state index in [0.717, 1.165) is 11.6 Å². The first-order valence-electron chi connectivity index (χ1n) is 9.85. The van der Waals surface area contributed by atoms with Gasteiger partial charge >= 0.3 is 6.09 Å². The van der Waals surface area contributed by atoms with Crippen molar-refractivity contribution in [2.45, 2.75) is 78.5 Å². The largest absolute Gasteiger partial charge is 0.444 e. The van der Waals surface area contributed by atoms with Crippen LogP contribution >= 0.6 is 24.0 Å². The Hall–Kier alpha value is -1.63. The number of aromatic nitrogens is 3. The summed E-state index contributed by atoms with van der Waals surface area (Å²) >= 11 is 0. The predicted molar refractivity (Wildman–Crippen MR) is 126 cm³/mol. The number of carbonyl (C=O) groups excluding carboxylic acids is 1. The van der Waals surface area contributed by atoms with Crippen molar-refractivity contribution in [3.05, 3.63) is 11.6 Å². The number of aliphatic imine (C=N–C) groups is 1. The molecule has 1 aromatic rings. The van der Waals surface area contributed by atoms with Crippen LogP contribution in [-0.4, -0.2) is 68.8 Å². The maximum Gasteiger partial charge on any atom is 0.412 e. The topological polar surface area (TPSA) is 106 Å². The molecule has 0 spiro atoms. The van der Waals surface area contributed by atoms with E-state index in [0.29, 0.717) is 19.0 Å². The molecule has 0 aromatic carbocycles. The van der Waals surface area contributed by atoms with Gasteiger partial charge in [0.1, 0.15) is 17.2 Å². The molecule has 10 nitrogen and oxygen atoms in total. The fourth-order valence-corrected chi connectivity index (χ4v) is 3.31. The average molecular weight is 537 g/mol. The first kappa shape index (κ1) is 26.4. The third-order valence-electron chi connectivity index (χ3n) is 4.82. The van der Waals surface area contributed by atoms with Gasteiger partial charge in [0.25, 0.3) is 0 Å². The van der Waals surface area contributed by atoms with E-state index < -0.39 is 17.4 Å². The summed E-state index contributed by atoms with van der Waals surface area (Å²) in [5.41, 5.74) is -1.34. The van der Waals surface area contributed by atoms with Gasteiger partial charge in [-0.25, -0.2) is 4.79 Å². The monoisotopic (exact) mass is 537 g/mol. The van der Waals surface area contributed by atoms with Gasteiger partial charge in [0.15, 0.2) is 11.8 Å². The van der Waals surface area contributed by atoms with Crippen molar-refractivity contribution < 1.29 is 14.3 Å². The molecule has 2 heterocycles. The van der Waals surface area contributed by atoms with Crippen molar-refractivity contribution in [2.75, 3.05) is 13.6 Å². The second-order valence-electron chi connectivity index (χ2n) is 8.72. The third-order valence-corrected chi connectivity index (χ3v) is 4.82. The van der Waals surface area contributed by atoms with Crippen molar-refractivity contribution in [1.29, 1.82) is 0 Å². The normalized spacial score (nSPS) is 21.2. The molecule has 2 unspecified atom stereocenters. The highest BCUT2D eigenvalue weighted by Gasteiger charge is 2.49. The number of carbonyl (C=O) groups is 1. The summed E-state index contributed by atoms with van der Waals surface area (Å²) in [4.78, 5) is 18.7. The molecule has 1 amide bonds. The van der Waals surface area contributed by atoms with Crippen LogP contribution in [0.2, 0.25) is 0 Å². The van der Waals surface area contributed by atoms with Gasteiger partial charge in [-0.3, -0.25) is 9.89 Å². The molecular weight excluding hydrogens is 501 g/mol. The molecule has 2 rings (SSSR count). The molecule has 172 valence electrons. The minimum atomic E-state index is -0.763. The van der Waals surface area contributed by atoms with E-state index in [1.807, 2.05) is 60.1 Å². The molecular formula is C19H36IN7O3. The molecule has 11 heteroatoms. The number of rotatable bonds is 4. The van der Waals surface area contributed by atoms with Crippen LogP contribution < -0.4 is 10.6 Å². The maximum absolute atomic E-state index is 12.8. The maximum atomic E-state index is 12.8. The van der Waals surface area contributed by atoms with Crippen LogP contribution in [0.4, 0.5) is 4.79 Å². The van der Waals surface area contributed by atoms with E-state index in [1.165, 1.54) is 0 Å². The first-order valence-corrected chi connectivity index (χ1v) is 9.85. The number of hydrogen-bond donors (Lipinski definition) is 2. The molecule has 0 saturated carbocycles. The Morgan fingerprint density at radius 2 is 1.93 bits per heavy atom. The molecule has 0 radical (unpaired) electrons. The molecule has 2 N–H and O–H groups in total. The zero-order valence-electron chi connectivity index (χ0n) is 19.4. The minimum absolute atomic E-state index is 0. The summed E-state index contributed by atoms with van der Waals surface area (Å²) in [6.45, 7) is 14.1. The highest BCUT2D eigenvalue weighted by molar-refractivity contribution is 14.0. The Labute approximate surface area is 196 Å². The lowest BCUT2D eigenvalue weighted by Crippen LogP contribution is -2.54. The Balaban J connectivity index is 0.00000450. The molecule has 1 aromatic heterocycles. The summed E-state index contributed by atoms with van der Waals surface area (Å²) in [7, 11) is 3.61. The third kappa shape index (κ3) is 6.43. The van der Waals surface area contributed by atoms with Gasteiger partial charge in [-0.1, -0.05) is 0 Å². The van der Waals surface area contributed by atoms with Gasteiger partial charge in [-0.05, 0) is 48.5 Å². The van der Waals surface area contributed by atoms with Crippen molar-refractivity contribution in [2.24, 2.45) is 12.0 Å². The van der Waals surface area contributed by atoms with Crippen LogP contribution in [-0.2, 0) is 23.1 Å². The Bertz CT molecular complexity index is 758. The number of nitrogens with zero attached hydrogens (tertiary/aromatic N) is 5.